The van der Waals surface area contributed by atoms with Crippen molar-refractivity contribution in [2.24, 2.45) is 5.92 Å². The van der Waals surface area contributed by atoms with Gasteiger partial charge in [-0.25, -0.2) is 8.42 Å². The average molecular weight is 551 g/mol. The number of para-hydroxylation sites is 1. The molecule has 10 nitrogen and oxygen atoms in total. The number of Topliss-reactive ketones (excluding diaryl/α,β-unsaturated/α-hetero) is 1. The molecule has 2 heterocycles. The van der Waals surface area contributed by atoms with E-state index in [2.05, 4.69) is 10.6 Å². The summed E-state index contributed by atoms with van der Waals surface area (Å²) in [5.41, 5.74) is 0.546. The van der Waals surface area contributed by atoms with E-state index in [-0.39, 0.29) is 35.1 Å². The zero-order valence-corrected chi connectivity index (χ0v) is 22.5. The molecule has 39 heavy (non-hydrogen) atoms. The molecule has 0 radical (unpaired) electrons. The minimum Gasteiger partial charge on any atom is -0.451 e. The molecule has 11 heteroatoms. The molecule has 1 unspecified atom stereocenters. The Bertz CT molecular complexity index is 1510. The zero-order chi connectivity index (χ0) is 28.2. The van der Waals surface area contributed by atoms with E-state index in [1.54, 1.807) is 24.3 Å². The zero-order valence-electron chi connectivity index (χ0n) is 21.7. The van der Waals surface area contributed by atoms with Crippen LogP contribution in [-0.2, 0) is 19.6 Å². The van der Waals surface area contributed by atoms with E-state index >= 15 is 0 Å². The van der Waals surface area contributed by atoms with Gasteiger partial charge >= 0.3 is 0 Å². The molecule has 1 saturated heterocycles. The van der Waals surface area contributed by atoms with E-state index in [0.717, 1.165) is 9.69 Å². The summed E-state index contributed by atoms with van der Waals surface area (Å²) in [6.45, 7) is 3.45. The number of amides is 2. The number of furan rings is 1. The molecule has 1 aliphatic heterocycles. The Hall–Kier alpha value is -4.01. The average Bonchev–Trinajstić information content (AvgIpc) is 3.26. The third-order valence-corrected chi connectivity index (χ3v) is 8.44. The molecule has 4 rings (SSSR count). The maximum absolute atomic E-state index is 13.3. The minimum absolute atomic E-state index is 0.00392. The summed E-state index contributed by atoms with van der Waals surface area (Å²) in [4.78, 5) is 39.1. The summed E-state index contributed by atoms with van der Waals surface area (Å²) in [5, 5.41) is 15.5. The van der Waals surface area contributed by atoms with Crippen molar-refractivity contribution in [2.75, 3.05) is 13.1 Å². The van der Waals surface area contributed by atoms with Crippen LogP contribution in [0, 0.1) is 17.2 Å². The van der Waals surface area contributed by atoms with Gasteiger partial charge in [0.05, 0.1) is 23.0 Å². The molecule has 204 valence electrons. The van der Waals surface area contributed by atoms with E-state index < -0.39 is 46.2 Å². The summed E-state index contributed by atoms with van der Waals surface area (Å²) in [6, 6.07) is 14.6. The molecule has 2 atom stereocenters. The number of ketones is 1. The van der Waals surface area contributed by atoms with Crippen molar-refractivity contribution in [1.29, 1.82) is 5.26 Å². The van der Waals surface area contributed by atoms with Gasteiger partial charge in [0.2, 0.25) is 15.9 Å². The SMILES string of the molecule is CC(C)C[C@H](NC(=O)c1cc2ccccc2o1)C(=O)NC1CCCN(S(=O)(=O)c2ccccc2C#N)CC1=O. The van der Waals surface area contributed by atoms with Crippen molar-refractivity contribution >= 4 is 38.6 Å². The number of nitrogens with zero attached hydrogens (tertiary/aromatic N) is 2. The van der Waals surface area contributed by atoms with Crippen LogP contribution in [0.3, 0.4) is 0 Å². The maximum atomic E-state index is 13.3. The Morgan fingerprint density at radius 2 is 1.87 bits per heavy atom. The highest BCUT2D eigenvalue weighted by Gasteiger charge is 2.35. The summed E-state index contributed by atoms with van der Waals surface area (Å²) in [7, 11) is -4.09. The van der Waals surface area contributed by atoms with Crippen molar-refractivity contribution in [3.8, 4) is 6.07 Å². The molecule has 0 spiro atoms. The van der Waals surface area contributed by atoms with Crippen LogP contribution in [0.1, 0.15) is 49.2 Å². The van der Waals surface area contributed by atoms with Gasteiger partial charge in [0.15, 0.2) is 11.5 Å². The summed E-state index contributed by atoms with van der Waals surface area (Å²) in [5.74, 6) is -1.42. The number of nitrogens with one attached hydrogen (secondary N) is 2. The molecule has 1 aliphatic rings. The fourth-order valence-corrected chi connectivity index (χ4v) is 6.16. The highest BCUT2D eigenvalue weighted by atomic mass is 32.2. The third kappa shape index (κ3) is 6.35. The van der Waals surface area contributed by atoms with Gasteiger partial charge in [0.25, 0.3) is 5.91 Å². The molecule has 1 fully saturated rings. The molecule has 2 amide bonds. The second-order valence-corrected chi connectivity index (χ2v) is 11.8. The van der Waals surface area contributed by atoms with Crippen LogP contribution >= 0.6 is 0 Å². The largest absolute Gasteiger partial charge is 0.451 e. The number of hydrogen-bond donors (Lipinski definition) is 2. The molecule has 1 aromatic heterocycles. The number of nitriles is 1. The number of benzene rings is 2. The van der Waals surface area contributed by atoms with Gasteiger partial charge in [-0.2, -0.15) is 9.57 Å². The van der Waals surface area contributed by atoms with Crippen molar-refractivity contribution in [2.45, 2.75) is 50.1 Å². The highest BCUT2D eigenvalue weighted by molar-refractivity contribution is 7.89. The molecule has 2 N–H and O–H groups in total. The molecule has 0 saturated carbocycles. The van der Waals surface area contributed by atoms with Gasteiger partial charge in [0, 0.05) is 11.9 Å². The highest BCUT2D eigenvalue weighted by Crippen LogP contribution is 2.23. The van der Waals surface area contributed by atoms with Gasteiger partial charge in [-0.1, -0.05) is 44.2 Å². The first-order chi connectivity index (χ1) is 18.6. The van der Waals surface area contributed by atoms with Crippen LogP contribution < -0.4 is 10.6 Å². The van der Waals surface area contributed by atoms with Crippen molar-refractivity contribution in [3.05, 3.63) is 65.9 Å². The Morgan fingerprint density at radius 1 is 1.15 bits per heavy atom. The number of sulfonamides is 1. The van der Waals surface area contributed by atoms with E-state index in [1.165, 1.54) is 18.2 Å². The molecule has 0 bridgehead atoms. The predicted octanol–water partition coefficient (Wildman–Crippen LogP) is 2.99. The molecular weight excluding hydrogens is 520 g/mol. The van der Waals surface area contributed by atoms with Crippen LogP contribution in [-0.4, -0.2) is 55.5 Å². The normalized spacial score (nSPS) is 17.4. The van der Waals surface area contributed by atoms with E-state index in [4.69, 9.17) is 4.42 Å². The number of rotatable bonds is 8. The number of carbonyl (C=O) groups is 3. The van der Waals surface area contributed by atoms with Crippen molar-refractivity contribution in [3.63, 3.8) is 0 Å². The molecular formula is C28H30N4O6S. The maximum Gasteiger partial charge on any atom is 0.287 e. The van der Waals surface area contributed by atoms with Crippen LogP contribution in [0.25, 0.3) is 11.0 Å². The first-order valence-electron chi connectivity index (χ1n) is 12.7. The lowest BCUT2D eigenvalue weighted by atomic mass is 10.0. The molecule has 0 aliphatic carbocycles. The quantitative estimate of drug-likeness (QED) is 0.438. The second-order valence-electron chi connectivity index (χ2n) is 9.92. The Labute approximate surface area is 227 Å². The smallest absolute Gasteiger partial charge is 0.287 e. The molecule has 2 aromatic carbocycles. The fourth-order valence-electron chi connectivity index (χ4n) is 4.58. The lowest BCUT2D eigenvalue weighted by Gasteiger charge is -2.23. The number of carbonyl (C=O) groups excluding carboxylic acids is 3. The van der Waals surface area contributed by atoms with Crippen LogP contribution in [0.4, 0.5) is 0 Å². The van der Waals surface area contributed by atoms with Gasteiger partial charge in [-0.3, -0.25) is 14.4 Å². The minimum atomic E-state index is -4.09. The van der Waals surface area contributed by atoms with E-state index in [0.29, 0.717) is 18.4 Å². The van der Waals surface area contributed by atoms with E-state index in [9.17, 15) is 28.1 Å². The predicted molar refractivity (Wildman–Crippen MR) is 143 cm³/mol. The lowest BCUT2D eigenvalue weighted by molar-refractivity contribution is -0.129. The Kier molecular flexibility index (Phi) is 8.47. The Balaban J connectivity index is 1.46. The second kappa shape index (κ2) is 11.8. The molecule has 3 aromatic rings. The lowest BCUT2D eigenvalue weighted by Crippen LogP contribution is -2.52. The monoisotopic (exact) mass is 550 g/mol. The number of fused-ring (bicyclic) bond motifs is 1. The fraction of sp³-hybridized carbons (Fsp3) is 0.357. The first-order valence-corrected chi connectivity index (χ1v) is 14.2. The van der Waals surface area contributed by atoms with Gasteiger partial charge in [0.1, 0.15) is 17.7 Å². The van der Waals surface area contributed by atoms with Crippen molar-refractivity contribution < 1.29 is 27.2 Å². The van der Waals surface area contributed by atoms with Crippen LogP contribution in [0.15, 0.2) is 63.9 Å². The summed E-state index contributed by atoms with van der Waals surface area (Å²) < 4.78 is 33.1. The third-order valence-electron chi connectivity index (χ3n) is 6.54. The first kappa shape index (κ1) is 28.0. The van der Waals surface area contributed by atoms with Crippen molar-refractivity contribution in [1.82, 2.24) is 14.9 Å². The standard InChI is InChI=1S/C28H30N4O6S/c1-18(2)14-22(31-28(35)25-15-19-8-3-5-11-24(19)38-25)27(34)30-21-10-7-13-32(17-23(21)33)39(36,37)26-12-6-4-9-20(26)16-29/h3-6,8-9,11-12,15,18,21-22H,7,10,13-14,17H2,1-2H3,(H,30,34)(H,31,35)/t21?,22-/m0/s1. The number of hydrogen-bond acceptors (Lipinski definition) is 7. The van der Waals surface area contributed by atoms with Gasteiger partial charge < -0.3 is 15.1 Å². The van der Waals surface area contributed by atoms with Crippen LogP contribution in [0.2, 0.25) is 0 Å². The Morgan fingerprint density at radius 3 is 2.59 bits per heavy atom. The van der Waals surface area contributed by atoms with Gasteiger partial charge in [-0.15, -0.1) is 0 Å². The van der Waals surface area contributed by atoms with Crippen LogP contribution in [0.5, 0.6) is 0 Å². The summed E-state index contributed by atoms with van der Waals surface area (Å²) >= 11 is 0. The van der Waals surface area contributed by atoms with Gasteiger partial charge in [-0.05, 0) is 49.4 Å². The summed E-state index contributed by atoms with van der Waals surface area (Å²) in [6.07, 6.45) is 0.886. The topological polar surface area (TPSA) is 150 Å². The van der Waals surface area contributed by atoms with E-state index in [1.807, 2.05) is 32.0 Å².